The van der Waals surface area contributed by atoms with Crippen molar-refractivity contribution in [3.63, 3.8) is 0 Å². The van der Waals surface area contributed by atoms with Crippen LogP contribution in [0.4, 0.5) is 8.78 Å². The third kappa shape index (κ3) is 3.77. The molecular weight excluding hydrogens is 238 g/mol. The minimum Gasteiger partial charge on any atom is -0.352 e. The van der Waals surface area contributed by atoms with Gasteiger partial charge >= 0.3 is 0 Å². The monoisotopic (exact) mass is 256 g/mol. The molecule has 1 amide bonds. The first-order valence-electron chi connectivity index (χ1n) is 6.00. The van der Waals surface area contributed by atoms with E-state index in [-0.39, 0.29) is 5.56 Å². The topological polar surface area (TPSA) is 55.1 Å². The SMILES string of the molecule is Cc1ccc(F)c(C(=O)NCCCCCN)c1F. The molecule has 0 aliphatic rings. The molecule has 100 valence electrons. The van der Waals surface area contributed by atoms with Gasteiger partial charge in [0.15, 0.2) is 0 Å². The number of carbonyl (C=O) groups excluding carboxylic acids is 1. The Balaban J connectivity index is 2.59. The summed E-state index contributed by atoms with van der Waals surface area (Å²) in [5.74, 6) is -2.34. The van der Waals surface area contributed by atoms with E-state index >= 15 is 0 Å². The van der Waals surface area contributed by atoms with Crippen LogP contribution in [0.2, 0.25) is 0 Å². The normalized spacial score (nSPS) is 10.4. The highest BCUT2D eigenvalue weighted by molar-refractivity contribution is 5.94. The van der Waals surface area contributed by atoms with Gasteiger partial charge in [0.1, 0.15) is 17.2 Å². The third-order valence-electron chi connectivity index (χ3n) is 2.68. The Bertz CT molecular complexity index is 422. The molecule has 0 saturated carbocycles. The molecule has 0 aromatic heterocycles. The van der Waals surface area contributed by atoms with Crippen molar-refractivity contribution in [2.75, 3.05) is 13.1 Å². The van der Waals surface area contributed by atoms with Crippen LogP contribution in [0.5, 0.6) is 0 Å². The predicted octanol–water partition coefficient (Wildman–Crippen LogP) is 2.13. The first-order chi connectivity index (χ1) is 8.57. The third-order valence-corrected chi connectivity index (χ3v) is 2.68. The fourth-order valence-electron chi connectivity index (χ4n) is 1.60. The Morgan fingerprint density at radius 1 is 1.28 bits per heavy atom. The van der Waals surface area contributed by atoms with Gasteiger partial charge in [-0.1, -0.05) is 12.5 Å². The Kier molecular flexibility index (Phi) is 5.71. The summed E-state index contributed by atoms with van der Waals surface area (Å²) in [6.07, 6.45) is 2.51. The van der Waals surface area contributed by atoms with Crippen LogP contribution in [0.25, 0.3) is 0 Å². The first-order valence-corrected chi connectivity index (χ1v) is 6.00. The zero-order valence-corrected chi connectivity index (χ0v) is 10.4. The molecule has 1 aromatic rings. The number of hydrogen-bond donors (Lipinski definition) is 2. The van der Waals surface area contributed by atoms with Crippen LogP contribution in [0.3, 0.4) is 0 Å². The van der Waals surface area contributed by atoms with Gasteiger partial charge in [-0.2, -0.15) is 0 Å². The smallest absolute Gasteiger partial charge is 0.257 e. The molecule has 0 aliphatic heterocycles. The molecule has 18 heavy (non-hydrogen) atoms. The number of hydrogen-bond acceptors (Lipinski definition) is 2. The lowest BCUT2D eigenvalue weighted by molar-refractivity contribution is 0.0944. The molecule has 5 heteroatoms. The molecule has 0 aliphatic carbocycles. The van der Waals surface area contributed by atoms with Gasteiger partial charge in [0.05, 0.1) is 0 Å². The Morgan fingerprint density at radius 3 is 2.67 bits per heavy atom. The molecule has 0 unspecified atom stereocenters. The summed E-state index contributed by atoms with van der Waals surface area (Å²) in [5, 5.41) is 2.51. The summed E-state index contributed by atoms with van der Waals surface area (Å²) in [7, 11) is 0. The lowest BCUT2D eigenvalue weighted by Crippen LogP contribution is -2.26. The van der Waals surface area contributed by atoms with Crippen molar-refractivity contribution in [2.45, 2.75) is 26.2 Å². The van der Waals surface area contributed by atoms with Gasteiger partial charge in [0.25, 0.3) is 5.91 Å². The van der Waals surface area contributed by atoms with Crippen molar-refractivity contribution in [1.82, 2.24) is 5.32 Å². The number of nitrogens with two attached hydrogens (primary N) is 1. The highest BCUT2D eigenvalue weighted by Gasteiger charge is 2.18. The fraction of sp³-hybridized carbons (Fsp3) is 0.462. The zero-order chi connectivity index (χ0) is 13.5. The zero-order valence-electron chi connectivity index (χ0n) is 10.4. The second kappa shape index (κ2) is 7.06. The van der Waals surface area contributed by atoms with Gasteiger partial charge in [-0.25, -0.2) is 8.78 Å². The van der Waals surface area contributed by atoms with E-state index in [1.165, 1.54) is 13.0 Å². The lowest BCUT2D eigenvalue weighted by atomic mass is 10.1. The number of amides is 1. The molecule has 1 aromatic carbocycles. The molecule has 0 bridgehead atoms. The van der Waals surface area contributed by atoms with E-state index in [4.69, 9.17) is 5.73 Å². The Labute approximate surface area is 105 Å². The molecular formula is C13H18F2N2O. The number of aryl methyl sites for hydroxylation is 1. The van der Waals surface area contributed by atoms with Crippen molar-refractivity contribution in [1.29, 1.82) is 0 Å². The summed E-state index contributed by atoms with van der Waals surface area (Å²) < 4.78 is 27.0. The van der Waals surface area contributed by atoms with E-state index in [2.05, 4.69) is 5.32 Å². The van der Waals surface area contributed by atoms with Gasteiger partial charge in [-0.3, -0.25) is 4.79 Å². The fourth-order valence-corrected chi connectivity index (χ4v) is 1.60. The number of nitrogens with one attached hydrogen (secondary N) is 1. The summed E-state index contributed by atoms with van der Waals surface area (Å²) in [6.45, 7) is 2.49. The minimum atomic E-state index is -0.836. The van der Waals surface area contributed by atoms with E-state index in [0.29, 0.717) is 13.1 Å². The Morgan fingerprint density at radius 2 is 2.00 bits per heavy atom. The minimum absolute atomic E-state index is 0.254. The van der Waals surface area contributed by atoms with Crippen LogP contribution in [0, 0.1) is 18.6 Å². The van der Waals surface area contributed by atoms with Crippen LogP contribution in [-0.2, 0) is 0 Å². The maximum atomic E-state index is 13.6. The molecule has 0 fully saturated rings. The molecule has 0 radical (unpaired) electrons. The number of unbranched alkanes of at least 4 members (excludes halogenated alkanes) is 2. The van der Waals surface area contributed by atoms with E-state index in [1.807, 2.05) is 0 Å². The average Bonchev–Trinajstić information content (AvgIpc) is 2.34. The molecule has 3 nitrogen and oxygen atoms in total. The van der Waals surface area contributed by atoms with Crippen LogP contribution in [0.1, 0.15) is 35.2 Å². The van der Waals surface area contributed by atoms with Gasteiger partial charge in [-0.05, 0) is 37.9 Å². The second-order valence-electron chi connectivity index (χ2n) is 4.16. The lowest BCUT2D eigenvalue weighted by Gasteiger charge is -2.08. The number of halogens is 2. The largest absolute Gasteiger partial charge is 0.352 e. The van der Waals surface area contributed by atoms with Gasteiger partial charge in [-0.15, -0.1) is 0 Å². The summed E-state index contributed by atoms with van der Waals surface area (Å²) in [4.78, 5) is 11.7. The number of carbonyl (C=O) groups is 1. The number of benzene rings is 1. The van der Waals surface area contributed by atoms with Crippen molar-refractivity contribution >= 4 is 5.91 Å². The van der Waals surface area contributed by atoms with Crippen LogP contribution in [0.15, 0.2) is 12.1 Å². The molecule has 3 N–H and O–H groups in total. The van der Waals surface area contributed by atoms with Gasteiger partial charge in [0.2, 0.25) is 0 Å². The summed E-state index contributed by atoms with van der Waals surface area (Å²) in [5.41, 5.74) is 5.08. The summed E-state index contributed by atoms with van der Waals surface area (Å²) >= 11 is 0. The van der Waals surface area contributed by atoms with Crippen molar-refractivity contribution in [2.24, 2.45) is 5.73 Å². The van der Waals surface area contributed by atoms with Crippen LogP contribution >= 0.6 is 0 Å². The molecule has 0 atom stereocenters. The van der Waals surface area contributed by atoms with E-state index < -0.39 is 23.1 Å². The highest BCUT2D eigenvalue weighted by Crippen LogP contribution is 2.16. The molecule has 0 spiro atoms. The van der Waals surface area contributed by atoms with E-state index in [0.717, 1.165) is 25.3 Å². The maximum absolute atomic E-state index is 13.6. The maximum Gasteiger partial charge on any atom is 0.257 e. The van der Waals surface area contributed by atoms with Crippen LogP contribution in [-0.4, -0.2) is 19.0 Å². The van der Waals surface area contributed by atoms with Crippen molar-refractivity contribution < 1.29 is 13.6 Å². The first kappa shape index (κ1) is 14.6. The van der Waals surface area contributed by atoms with E-state index in [9.17, 15) is 13.6 Å². The average molecular weight is 256 g/mol. The Hall–Kier alpha value is -1.49. The quantitative estimate of drug-likeness (QED) is 0.766. The van der Waals surface area contributed by atoms with Crippen LogP contribution < -0.4 is 11.1 Å². The standard InChI is InChI=1S/C13H18F2N2O/c1-9-5-6-10(14)11(12(9)15)13(18)17-8-4-2-3-7-16/h5-6H,2-4,7-8,16H2,1H3,(H,17,18). The molecule has 0 saturated heterocycles. The van der Waals surface area contributed by atoms with Crippen molar-refractivity contribution in [3.05, 3.63) is 34.9 Å². The summed E-state index contributed by atoms with van der Waals surface area (Å²) in [6, 6.07) is 2.41. The van der Waals surface area contributed by atoms with Gasteiger partial charge < -0.3 is 11.1 Å². The van der Waals surface area contributed by atoms with Gasteiger partial charge in [0, 0.05) is 6.54 Å². The van der Waals surface area contributed by atoms with Crippen molar-refractivity contribution in [3.8, 4) is 0 Å². The van der Waals surface area contributed by atoms with E-state index in [1.54, 1.807) is 0 Å². The predicted molar refractivity (Wildman–Crippen MR) is 66.3 cm³/mol. The highest BCUT2D eigenvalue weighted by atomic mass is 19.1. The molecule has 1 rings (SSSR count). The second-order valence-corrected chi connectivity index (χ2v) is 4.16. The molecule has 0 heterocycles. The number of rotatable bonds is 6.